The van der Waals surface area contributed by atoms with E-state index < -0.39 is 0 Å². The van der Waals surface area contributed by atoms with Gasteiger partial charge in [-0.2, -0.15) is 0 Å². The number of benzene rings is 2. The number of likely N-dealkylation sites (tertiary alicyclic amines) is 1. The lowest BCUT2D eigenvalue weighted by molar-refractivity contribution is 0.169. The van der Waals surface area contributed by atoms with Gasteiger partial charge in [0.1, 0.15) is 5.75 Å². The molecule has 31 heavy (non-hydrogen) atoms. The van der Waals surface area contributed by atoms with E-state index in [2.05, 4.69) is 35.2 Å². The summed E-state index contributed by atoms with van der Waals surface area (Å²) in [6.45, 7) is 4.02. The van der Waals surface area contributed by atoms with Gasteiger partial charge in [0.2, 0.25) is 0 Å². The molecule has 0 atom stereocenters. The summed E-state index contributed by atoms with van der Waals surface area (Å²) in [6.07, 6.45) is 3.21. The van der Waals surface area contributed by atoms with Crippen LogP contribution in [0.15, 0.2) is 64.2 Å². The van der Waals surface area contributed by atoms with Gasteiger partial charge < -0.3 is 4.74 Å². The van der Waals surface area contributed by atoms with E-state index in [9.17, 15) is 9.59 Å². The number of rotatable bonds is 8. The molecule has 1 fully saturated rings. The molecular weight excluding hydrogens is 410 g/mol. The predicted molar refractivity (Wildman–Crippen MR) is 124 cm³/mol. The van der Waals surface area contributed by atoms with Crippen molar-refractivity contribution in [3.05, 3.63) is 85.9 Å². The van der Waals surface area contributed by atoms with E-state index in [1.807, 2.05) is 24.3 Å². The number of ether oxygens (including phenoxy) is 1. The lowest BCUT2D eigenvalue weighted by Crippen LogP contribution is -2.34. The van der Waals surface area contributed by atoms with Gasteiger partial charge in [0.15, 0.2) is 0 Å². The van der Waals surface area contributed by atoms with Crippen LogP contribution in [0.1, 0.15) is 30.4 Å². The van der Waals surface area contributed by atoms with E-state index in [1.54, 1.807) is 11.1 Å². The minimum absolute atomic E-state index is 0.214. The Hall–Kier alpha value is -2.64. The van der Waals surface area contributed by atoms with E-state index in [0.29, 0.717) is 18.2 Å². The zero-order valence-corrected chi connectivity index (χ0v) is 18.7. The summed E-state index contributed by atoms with van der Waals surface area (Å²) >= 11 is 1.02. The van der Waals surface area contributed by atoms with Crippen LogP contribution in [-0.4, -0.2) is 33.6 Å². The number of methoxy groups -OCH3 is 1. The summed E-state index contributed by atoms with van der Waals surface area (Å²) in [5.41, 5.74) is 1.97. The monoisotopic (exact) mass is 439 g/mol. The first-order valence-electron chi connectivity index (χ1n) is 10.8. The van der Waals surface area contributed by atoms with Gasteiger partial charge >= 0.3 is 10.6 Å². The molecule has 1 aliphatic rings. The minimum Gasteiger partial charge on any atom is -0.496 e. The zero-order valence-electron chi connectivity index (χ0n) is 17.9. The van der Waals surface area contributed by atoms with E-state index in [1.165, 1.54) is 10.1 Å². The van der Waals surface area contributed by atoms with Gasteiger partial charge in [-0.1, -0.05) is 48.5 Å². The van der Waals surface area contributed by atoms with Gasteiger partial charge in [-0.05, 0) is 49.9 Å². The largest absolute Gasteiger partial charge is 0.496 e. The molecule has 1 aliphatic heterocycles. The highest BCUT2D eigenvalue weighted by molar-refractivity contribution is 7.03. The molecule has 0 saturated carbocycles. The maximum absolute atomic E-state index is 12.8. The van der Waals surface area contributed by atoms with E-state index in [0.717, 1.165) is 56.0 Å². The molecule has 4 rings (SSSR count). The highest BCUT2D eigenvalue weighted by atomic mass is 32.1. The van der Waals surface area contributed by atoms with Crippen molar-refractivity contribution in [3.8, 4) is 5.75 Å². The standard InChI is InChI=1S/C24H29N3O3S/c1-30-22-10-6-5-9-21(22)18-26-23(28)27(31-24(26)29)16-13-19-11-14-25(15-12-19)17-20-7-3-2-4-8-20/h2-10,19H,11-18H2,1H3. The fraction of sp³-hybridized carbons (Fsp3) is 0.417. The summed E-state index contributed by atoms with van der Waals surface area (Å²) in [6, 6.07) is 18.1. The second-order valence-electron chi connectivity index (χ2n) is 8.13. The average molecular weight is 440 g/mol. The van der Waals surface area contributed by atoms with Crippen molar-refractivity contribution in [2.45, 2.75) is 38.9 Å². The number of aromatic nitrogens is 2. The van der Waals surface area contributed by atoms with Crippen molar-refractivity contribution in [2.24, 2.45) is 5.92 Å². The van der Waals surface area contributed by atoms with Crippen molar-refractivity contribution in [1.29, 1.82) is 0 Å². The van der Waals surface area contributed by atoms with Crippen molar-refractivity contribution in [3.63, 3.8) is 0 Å². The van der Waals surface area contributed by atoms with E-state index in [-0.39, 0.29) is 17.1 Å². The highest BCUT2D eigenvalue weighted by Gasteiger charge is 2.20. The number of aryl methyl sites for hydroxylation is 1. The summed E-state index contributed by atoms with van der Waals surface area (Å²) < 4.78 is 8.28. The number of nitrogens with zero attached hydrogens (tertiary/aromatic N) is 3. The van der Waals surface area contributed by atoms with Gasteiger partial charge in [-0.25, -0.2) is 13.3 Å². The molecule has 2 heterocycles. The van der Waals surface area contributed by atoms with Gasteiger partial charge in [-0.15, -0.1) is 0 Å². The molecule has 0 aliphatic carbocycles. The molecule has 164 valence electrons. The molecule has 7 heteroatoms. The fourth-order valence-electron chi connectivity index (χ4n) is 4.25. The zero-order chi connectivity index (χ0) is 21.6. The van der Waals surface area contributed by atoms with Crippen LogP contribution in [0.2, 0.25) is 0 Å². The van der Waals surface area contributed by atoms with Crippen LogP contribution in [0.4, 0.5) is 0 Å². The predicted octanol–water partition coefficient (Wildman–Crippen LogP) is 3.43. The van der Waals surface area contributed by atoms with Crippen molar-refractivity contribution < 1.29 is 4.74 Å². The Morgan fingerprint density at radius 3 is 2.42 bits per heavy atom. The maximum Gasteiger partial charge on any atom is 0.341 e. The molecule has 2 aromatic carbocycles. The fourth-order valence-corrected chi connectivity index (χ4v) is 5.05. The number of hydrogen-bond donors (Lipinski definition) is 0. The normalized spacial score (nSPS) is 15.3. The number of hydrogen-bond acceptors (Lipinski definition) is 5. The quantitative estimate of drug-likeness (QED) is 0.540. The molecule has 1 aromatic heterocycles. The van der Waals surface area contributed by atoms with Crippen molar-refractivity contribution in [2.75, 3.05) is 20.2 Å². The molecule has 3 aromatic rings. The highest BCUT2D eigenvalue weighted by Crippen LogP contribution is 2.22. The Kier molecular flexibility index (Phi) is 7.04. The summed E-state index contributed by atoms with van der Waals surface area (Å²) in [4.78, 5) is 27.5. The summed E-state index contributed by atoms with van der Waals surface area (Å²) in [5, 5.41) is 0. The summed E-state index contributed by atoms with van der Waals surface area (Å²) in [5.74, 6) is 1.28. The molecule has 6 nitrogen and oxygen atoms in total. The van der Waals surface area contributed by atoms with Crippen LogP contribution in [0.5, 0.6) is 5.75 Å². The maximum atomic E-state index is 12.8. The van der Waals surface area contributed by atoms with Crippen LogP contribution in [0.25, 0.3) is 0 Å². The molecule has 0 radical (unpaired) electrons. The van der Waals surface area contributed by atoms with Gasteiger partial charge in [0, 0.05) is 30.2 Å². The lowest BCUT2D eigenvalue weighted by Gasteiger charge is -2.32. The topological polar surface area (TPSA) is 56.5 Å². The molecule has 0 bridgehead atoms. The van der Waals surface area contributed by atoms with E-state index >= 15 is 0 Å². The third kappa shape index (κ3) is 5.35. The van der Waals surface area contributed by atoms with Crippen LogP contribution in [0, 0.1) is 5.92 Å². The lowest BCUT2D eigenvalue weighted by atomic mass is 9.93. The second kappa shape index (κ2) is 10.1. The van der Waals surface area contributed by atoms with Crippen molar-refractivity contribution in [1.82, 2.24) is 13.4 Å². The number of para-hydroxylation sites is 1. The van der Waals surface area contributed by atoms with Gasteiger partial charge in [0.05, 0.1) is 13.7 Å². The first-order valence-corrected chi connectivity index (χ1v) is 11.6. The Morgan fingerprint density at radius 1 is 0.968 bits per heavy atom. The molecule has 0 amide bonds. The smallest absolute Gasteiger partial charge is 0.341 e. The molecular formula is C24H29N3O3S. The third-order valence-electron chi connectivity index (χ3n) is 6.07. The van der Waals surface area contributed by atoms with Crippen LogP contribution < -0.4 is 15.3 Å². The van der Waals surface area contributed by atoms with E-state index in [4.69, 9.17) is 4.74 Å². The first-order chi connectivity index (χ1) is 15.1. The Bertz CT molecular complexity index is 1100. The van der Waals surface area contributed by atoms with Crippen molar-refractivity contribution >= 4 is 11.5 Å². The number of piperidine rings is 1. The van der Waals surface area contributed by atoms with Crippen LogP contribution in [0.3, 0.4) is 0 Å². The first kappa shape index (κ1) is 21.6. The molecule has 0 unspecified atom stereocenters. The van der Waals surface area contributed by atoms with Crippen LogP contribution in [-0.2, 0) is 19.6 Å². The second-order valence-corrected chi connectivity index (χ2v) is 9.11. The van der Waals surface area contributed by atoms with Gasteiger partial charge in [-0.3, -0.25) is 9.69 Å². The minimum atomic E-state index is -0.220. The van der Waals surface area contributed by atoms with Gasteiger partial charge in [0.25, 0.3) is 0 Å². The molecule has 0 spiro atoms. The Morgan fingerprint density at radius 2 is 1.68 bits per heavy atom. The third-order valence-corrected chi connectivity index (χ3v) is 7.01. The Balaban J connectivity index is 1.32. The molecule has 1 saturated heterocycles. The van der Waals surface area contributed by atoms with Crippen LogP contribution >= 0.6 is 11.5 Å². The molecule has 0 N–H and O–H groups in total. The summed E-state index contributed by atoms with van der Waals surface area (Å²) in [7, 11) is 1.60. The average Bonchev–Trinajstić information content (AvgIpc) is 3.07. The Labute approximate surface area is 186 Å². The SMILES string of the molecule is COc1ccccc1Cn1c(=O)sn(CCC2CCN(Cc3ccccc3)CC2)c1=O.